The Balaban J connectivity index is 2.59. The van der Waals surface area contributed by atoms with Crippen LogP contribution in [0.2, 0.25) is 0 Å². The molecule has 1 unspecified atom stereocenters. The smallest absolute Gasteiger partial charge is 0.148 e. The molecule has 1 aromatic rings. The van der Waals surface area contributed by atoms with Crippen LogP contribution in [-0.4, -0.2) is 38.4 Å². The summed E-state index contributed by atoms with van der Waals surface area (Å²) in [5.41, 5.74) is 0.967. The third-order valence-corrected chi connectivity index (χ3v) is 3.73. The largest absolute Gasteiger partial charge is 0.298 e. The quantitative estimate of drug-likeness (QED) is 0.807. The first kappa shape index (κ1) is 14.1. The van der Waals surface area contributed by atoms with E-state index in [1.165, 1.54) is 18.4 Å². The Hall–Kier alpha value is -0.940. The minimum Gasteiger partial charge on any atom is -0.298 e. The normalized spacial score (nSPS) is 13.9. The molecule has 1 rings (SSSR count). The van der Waals surface area contributed by atoms with Gasteiger partial charge in [-0.1, -0.05) is 12.1 Å². The van der Waals surface area contributed by atoms with Crippen molar-refractivity contribution >= 4 is 9.84 Å². The zero-order valence-corrected chi connectivity index (χ0v) is 11.2. The molecule has 1 atom stereocenters. The van der Waals surface area contributed by atoms with E-state index in [1.807, 2.05) is 18.9 Å². The minimum absolute atomic E-state index is 0.0601. The summed E-state index contributed by atoms with van der Waals surface area (Å²) in [5, 5.41) is 0. The number of rotatable bonds is 5. The van der Waals surface area contributed by atoms with Crippen LogP contribution in [0.1, 0.15) is 12.5 Å². The average Bonchev–Trinajstić information content (AvgIpc) is 2.19. The molecule has 0 fully saturated rings. The summed E-state index contributed by atoms with van der Waals surface area (Å²) in [4.78, 5) is 1.94. The fourth-order valence-electron chi connectivity index (χ4n) is 1.60. The maximum absolute atomic E-state index is 12.7. The predicted molar refractivity (Wildman–Crippen MR) is 67.0 cm³/mol. The van der Waals surface area contributed by atoms with Gasteiger partial charge in [0.15, 0.2) is 0 Å². The van der Waals surface area contributed by atoms with Crippen LogP contribution in [0.25, 0.3) is 0 Å². The number of sulfone groups is 1. The molecule has 17 heavy (non-hydrogen) atoms. The van der Waals surface area contributed by atoms with Crippen molar-refractivity contribution in [1.82, 2.24) is 4.90 Å². The van der Waals surface area contributed by atoms with Crippen LogP contribution in [0.15, 0.2) is 24.3 Å². The first-order chi connectivity index (χ1) is 7.78. The third-order valence-electron chi connectivity index (χ3n) is 2.64. The zero-order valence-electron chi connectivity index (χ0n) is 10.4. The van der Waals surface area contributed by atoms with Crippen molar-refractivity contribution in [3.05, 3.63) is 35.6 Å². The van der Waals surface area contributed by atoms with Gasteiger partial charge < -0.3 is 0 Å². The van der Waals surface area contributed by atoms with Crippen molar-refractivity contribution in [3.63, 3.8) is 0 Å². The molecule has 0 heterocycles. The lowest BCUT2D eigenvalue weighted by Gasteiger charge is -2.24. The molecule has 0 aliphatic heterocycles. The van der Waals surface area contributed by atoms with Gasteiger partial charge in [0.1, 0.15) is 15.7 Å². The molecule has 0 amide bonds. The fraction of sp³-hybridized carbons (Fsp3) is 0.500. The van der Waals surface area contributed by atoms with Gasteiger partial charge in [-0.05, 0) is 31.7 Å². The number of hydrogen-bond acceptors (Lipinski definition) is 3. The van der Waals surface area contributed by atoms with Crippen molar-refractivity contribution < 1.29 is 12.8 Å². The lowest BCUT2D eigenvalue weighted by atomic mass is 10.2. The number of hydrogen-bond donors (Lipinski definition) is 0. The molecule has 96 valence electrons. The Morgan fingerprint density at radius 3 is 2.29 bits per heavy atom. The van der Waals surface area contributed by atoms with Crippen molar-refractivity contribution in [1.29, 1.82) is 0 Å². The Kier molecular flexibility index (Phi) is 4.65. The maximum atomic E-state index is 12.7. The van der Waals surface area contributed by atoms with E-state index in [0.717, 1.165) is 5.56 Å². The SMILES string of the molecule is CC(CS(C)(=O)=O)N(C)Cc1ccc(F)cc1. The monoisotopic (exact) mass is 259 g/mol. The van der Waals surface area contributed by atoms with Crippen LogP contribution >= 0.6 is 0 Å². The summed E-state index contributed by atoms with van der Waals surface area (Å²) in [7, 11) is -1.11. The van der Waals surface area contributed by atoms with Crippen molar-refractivity contribution in [3.8, 4) is 0 Å². The Labute approximate surface area is 102 Å². The second-order valence-electron chi connectivity index (χ2n) is 4.48. The average molecular weight is 259 g/mol. The summed E-state index contributed by atoms with van der Waals surface area (Å²) in [6, 6.07) is 6.17. The molecular formula is C12H18FNO2S. The topological polar surface area (TPSA) is 37.4 Å². The highest BCUT2D eigenvalue weighted by Gasteiger charge is 2.15. The molecule has 5 heteroatoms. The van der Waals surface area contributed by atoms with Crippen LogP contribution in [0.5, 0.6) is 0 Å². The van der Waals surface area contributed by atoms with E-state index in [-0.39, 0.29) is 17.6 Å². The highest BCUT2D eigenvalue weighted by Crippen LogP contribution is 2.08. The molecule has 0 saturated carbocycles. The number of nitrogens with zero attached hydrogens (tertiary/aromatic N) is 1. The van der Waals surface area contributed by atoms with Gasteiger partial charge in [0.05, 0.1) is 5.75 Å². The molecule has 0 saturated heterocycles. The van der Waals surface area contributed by atoms with Gasteiger partial charge in [-0.3, -0.25) is 4.90 Å². The molecular weight excluding hydrogens is 241 g/mol. The van der Waals surface area contributed by atoms with Gasteiger partial charge in [0, 0.05) is 18.8 Å². The molecule has 0 aliphatic rings. The highest BCUT2D eigenvalue weighted by molar-refractivity contribution is 7.90. The molecule has 0 N–H and O–H groups in total. The highest BCUT2D eigenvalue weighted by atomic mass is 32.2. The van der Waals surface area contributed by atoms with Crippen LogP contribution in [0.3, 0.4) is 0 Å². The summed E-state index contributed by atoms with van der Waals surface area (Å²) < 4.78 is 35.0. The van der Waals surface area contributed by atoms with Gasteiger partial charge in [-0.25, -0.2) is 12.8 Å². The van der Waals surface area contributed by atoms with Crippen molar-refractivity contribution in [2.75, 3.05) is 19.1 Å². The molecule has 3 nitrogen and oxygen atoms in total. The Bertz CT molecular complexity index is 456. The van der Waals surface area contributed by atoms with Gasteiger partial charge in [0.2, 0.25) is 0 Å². The molecule has 0 aliphatic carbocycles. The maximum Gasteiger partial charge on any atom is 0.148 e. The molecule has 0 aromatic heterocycles. The lowest BCUT2D eigenvalue weighted by Crippen LogP contribution is -2.34. The van der Waals surface area contributed by atoms with Crippen molar-refractivity contribution in [2.24, 2.45) is 0 Å². The number of halogens is 1. The Morgan fingerprint density at radius 2 is 1.82 bits per heavy atom. The second kappa shape index (κ2) is 5.60. The zero-order chi connectivity index (χ0) is 13.1. The second-order valence-corrected chi connectivity index (χ2v) is 6.67. The van der Waals surface area contributed by atoms with Gasteiger partial charge in [0.25, 0.3) is 0 Å². The summed E-state index contributed by atoms with van der Waals surface area (Å²) in [6.07, 6.45) is 1.23. The van der Waals surface area contributed by atoms with E-state index < -0.39 is 9.84 Å². The lowest BCUT2D eigenvalue weighted by molar-refractivity contribution is 0.267. The first-order valence-electron chi connectivity index (χ1n) is 5.40. The van der Waals surface area contributed by atoms with E-state index in [9.17, 15) is 12.8 Å². The molecule has 0 bridgehead atoms. The predicted octanol–water partition coefficient (Wildman–Crippen LogP) is 1.69. The van der Waals surface area contributed by atoms with Gasteiger partial charge >= 0.3 is 0 Å². The molecule has 0 spiro atoms. The van der Waals surface area contributed by atoms with Gasteiger partial charge in [-0.2, -0.15) is 0 Å². The summed E-state index contributed by atoms with van der Waals surface area (Å²) >= 11 is 0. The van der Waals surface area contributed by atoms with Crippen LogP contribution < -0.4 is 0 Å². The van der Waals surface area contributed by atoms with Crippen LogP contribution in [0.4, 0.5) is 4.39 Å². The van der Waals surface area contributed by atoms with Crippen LogP contribution in [-0.2, 0) is 16.4 Å². The van der Waals surface area contributed by atoms with E-state index in [0.29, 0.717) is 6.54 Å². The van der Waals surface area contributed by atoms with Crippen molar-refractivity contribution in [2.45, 2.75) is 19.5 Å². The fourth-order valence-corrected chi connectivity index (χ4v) is 2.73. The summed E-state index contributed by atoms with van der Waals surface area (Å²) in [6.45, 7) is 2.47. The Morgan fingerprint density at radius 1 is 1.29 bits per heavy atom. The third kappa shape index (κ3) is 5.28. The van der Waals surface area contributed by atoms with E-state index in [2.05, 4.69) is 0 Å². The van der Waals surface area contributed by atoms with Crippen LogP contribution in [0, 0.1) is 5.82 Å². The van der Waals surface area contributed by atoms with Gasteiger partial charge in [-0.15, -0.1) is 0 Å². The summed E-state index contributed by atoms with van der Waals surface area (Å²) in [5.74, 6) is -0.134. The van der Waals surface area contributed by atoms with E-state index in [1.54, 1.807) is 12.1 Å². The molecule has 0 radical (unpaired) electrons. The standard InChI is InChI=1S/C12H18FNO2S/c1-10(9-17(3,15)16)14(2)8-11-4-6-12(13)7-5-11/h4-7,10H,8-9H2,1-3H3. The molecule has 1 aromatic carbocycles. The first-order valence-corrected chi connectivity index (χ1v) is 7.46. The van der Waals surface area contributed by atoms with E-state index in [4.69, 9.17) is 0 Å². The van der Waals surface area contributed by atoms with E-state index >= 15 is 0 Å². The minimum atomic E-state index is -2.97. The number of benzene rings is 1.